The molecule has 0 atom stereocenters. The molecule has 0 spiro atoms. The lowest BCUT2D eigenvalue weighted by Crippen LogP contribution is -2.35. The minimum atomic E-state index is 0.0864. The molecule has 3 N–H and O–H groups in total. The van der Waals surface area contributed by atoms with Crippen molar-refractivity contribution in [3.63, 3.8) is 0 Å². The Morgan fingerprint density at radius 2 is 2.11 bits per heavy atom. The van der Waals surface area contributed by atoms with Gasteiger partial charge < -0.3 is 10.3 Å². The molecule has 5 heteroatoms. The number of carbonyl (C=O) groups is 1. The number of hydrogen-bond acceptors (Lipinski definition) is 4. The Bertz CT molecular complexity index is 405. The van der Waals surface area contributed by atoms with Crippen LogP contribution < -0.4 is 11.3 Å². The molecular weight excluding hydrogens is 228 g/mol. The van der Waals surface area contributed by atoms with Crippen molar-refractivity contribution in [2.75, 3.05) is 18.5 Å². The number of nitrogen functional groups attached to an aromatic ring is 1. The fourth-order valence-electron chi connectivity index (χ4n) is 2.25. The van der Waals surface area contributed by atoms with Crippen molar-refractivity contribution < 1.29 is 4.79 Å². The molecule has 1 aliphatic rings. The van der Waals surface area contributed by atoms with E-state index in [9.17, 15) is 4.79 Å². The third-order valence-electron chi connectivity index (χ3n) is 3.28. The van der Waals surface area contributed by atoms with Crippen LogP contribution in [0.15, 0.2) is 12.1 Å². The molecule has 0 bridgehead atoms. The first-order valence-corrected chi connectivity index (χ1v) is 6.51. The summed E-state index contributed by atoms with van der Waals surface area (Å²) in [6, 6.07) is 3.58. The predicted molar refractivity (Wildman–Crippen MR) is 71.2 cm³/mol. The second-order valence-electron chi connectivity index (χ2n) is 4.58. The molecule has 2 heterocycles. The van der Waals surface area contributed by atoms with E-state index in [4.69, 9.17) is 5.84 Å². The van der Waals surface area contributed by atoms with Gasteiger partial charge in [-0.05, 0) is 37.8 Å². The van der Waals surface area contributed by atoms with Gasteiger partial charge in [0.05, 0.1) is 0 Å². The second kappa shape index (κ2) is 5.82. The number of aryl methyl sites for hydroxylation is 1. The number of nitrogens with one attached hydrogen (secondary N) is 1. The summed E-state index contributed by atoms with van der Waals surface area (Å²) in [5.41, 5.74) is 4.08. The van der Waals surface area contributed by atoms with E-state index in [0.717, 1.165) is 38.0 Å². The van der Waals surface area contributed by atoms with Crippen molar-refractivity contribution in [1.29, 1.82) is 0 Å². The lowest BCUT2D eigenvalue weighted by atomic mass is 10.1. The maximum absolute atomic E-state index is 12.4. The monoisotopic (exact) mass is 248 g/mol. The molecule has 1 aliphatic heterocycles. The van der Waals surface area contributed by atoms with Crippen LogP contribution in [0.4, 0.5) is 5.82 Å². The third-order valence-corrected chi connectivity index (χ3v) is 3.28. The molecule has 0 radical (unpaired) electrons. The van der Waals surface area contributed by atoms with Gasteiger partial charge in [-0.2, -0.15) is 0 Å². The van der Waals surface area contributed by atoms with Gasteiger partial charge in [0.25, 0.3) is 5.91 Å². The zero-order valence-corrected chi connectivity index (χ0v) is 10.8. The number of hydrazine groups is 1. The van der Waals surface area contributed by atoms with Crippen LogP contribution in [0.1, 0.15) is 42.2 Å². The highest BCUT2D eigenvalue weighted by molar-refractivity contribution is 5.95. The van der Waals surface area contributed by atoms with Crippen molar-refractivity contribution in [3.05, 3.63) is 23.4 Å². The average molecular weight is 248 g/mol. The topological polar surface area (TPSA) is 71.2 Å². The molecule has 1 fully saturated rings. The van der Waals surface area contributed by atoms with Crippen molar-refractivity contribution in [2.45, 2.75) is 32.6 Å². The van der Waals surface area contributed by atoms with Crippen molar-refractivity contribution >= 4 is 11.7 Å². The van der Waals surface area contributed by atoms with E-state index in [0.29, 0.717) is 11.4 Å². The van der Waals surface area contributed by atoms with Crippen LogP contribution in [0, 0.1) is 0 Å². The number of hydrogen-bond donors (Lipinski definition) is 2. The molecule has 0 aromatic carbocycles. The van der Waals surface area contributed by atoms with Gasteiger partial charge in [-0.1, -0.05) is 6.92 Å². The number of piperidine rings is 1. The van der Waals surface area contributed by atoms with Crippen LogP contribution in [0.5, 0.6) is 0 Å². The Labute approximate surface area is 107 Å². The van der Waals surface area contributed by atoms with Gasteiger partial charge >= 0.3 is 0 Å². The number of rotatable bonds is 3. The molecular formula is C13H20N4O. The maximum Gasteiger partial charge on any atom is 0.254 e. The quantitative estimate of drug-likeness (QED) is 0.629. The second-order valence-corrected chi connectivity index (χ2v) is 4.58. The summed E-state index contributed by atoms with van der Waals surface area (Å²) < 4.78 is 0. The lowest BCUT2D eigenvalue weighted by molar-refractivity contribution is 0.0724. The summed E-state index contributed by atoms with van der Waals surface area (Å²) in [7, 11) is 0. The molecule has 5 nitrogen and oxygen atoms in total. The molecule has 0 unspecified atom stereocenters. The highest BCUT2D eigenvalue weighted by Crippen LogP contribution is 2.16. The fraction of sp³-hybridized carbons (Fsp3) is 0.538. The molecule has 18 heavy (non-hydrogen) atoms. The van der Waals surface area contributed by atoms with Crippen LogP contribution in [-0.2, 0) is 6.42 Å². The number of nitrogens with zero attached hydrogens (tertiary/aromatic N) is 2. The van der Waals surface area contributed by atoms with Crippen molar-refractivity contribution in [1.82, 2.24) is 9.88 Å². The first-order chi connectivity index (χ1) is 8.74. The zero-order valence-electron chi connectivity index (χ0n) is 10.8. The Morgan fingerprint density at radius 3 is 2.72 bits per heavy atom. The third kappa shape index (κ3) is 2.79. The highest BCUT2D eigenvalue weighted by atomic mass is 16.2. The average Bonchev–Trinajstić information content (AvgIpc) is 2.46. The van der Waals surface area contributed by atoms with E-state index >= 15 is 0 Å². The number of anilines is 1. The lowest BCUT2D eigenvalue weighted by Gasteiger charge is -2.27. The van der Waals surface area contributed by atoms with Crippen LogP contribution in [0.2, 0.25) is 0 Å². The molecule has 2 rings (SSSR count). The number of carbonyl (C=O) groups excluding carboxylic acids is 1. The molecule has 1 saturated heterocycles. The fourth-order valence-corrected chi connectivity index (χ4v) is 2.25. The number of nitrogens with two attached hydrogens (primary N) is 1. The largest absolute Gasteiger partial charge is 0.339 e. The van der Waals surface area contributed by atoms with Crippen LogP contribution in [0.3, 0.4) is 0 Å². The summed E-state index contributed by atoms with van der Waals surface area (Å²) in [5, 5.41) is 0. The summed E-state index contributed by atoms with van der Waals surface area (Å²) in [6.07, 6.45) is 4.20. The SMILES string of the molecule is CCc1cc(C(=O)N2CCCCC2)cc(NN)n1. The first kappa shape index (κ1) is 12.8. The summed E-state index contributed by atoms with van der Waals surface area (Å²) in [6.45, 7) is 3.72. The highest BCUT2D eigenvalue weighted by Gasteiger charge is 2.19. The number of amides is 1. The molecule has 98 valence electrons. The van der Waals surface area contributed by atoms with Gasteiger partial charge in [0, 0.05) is 24.3 Å². The van der Waals surface area contributed by atoms with Crippen LogP contribution in [-0.4, -0.2) is 28.9 Å². The van der Waals surface area contributed by atoms with Gasteiger partial charge in [0.15, 0.2) is 0 Å². The molecule has 1 amide bonds. The summed E-state index contributed by atoms with van der Waals surface area (Å²) in [4.78, 5) is 18.6. The smallest absolute Gasteiger partial charge is 0.254 e. The van der Waals surface area contributed by atoms with Crippen molar-refractivity contribution in [3.8, 4) is 0 Å². The van der Waals surface area contributed by atoms with E-state index in [2.05, 4.69) is 10.4 Å². The van der Waals surface area contributed by atoms with Crippen molar-refractivity contribution in [2.24, 2.45) is 5.84 Å². The Kier molecular flexibility index (Phi) is 4.15. The number of pyridine rings is 1. The number of likely N-dealkylation sites (tertiary alicyclic amines) is 1. The first-order valence-electron chi connectivity index (χ1n) is 6.51. The van der Waals surface area contributed by atoms with Gasteiger partial charge in [0.2, 0.25) is 0 Å². The van der Waals surface area contributed by atoms with Gasteiger partial charge in [-0.15, -0.1) is 0 Å². The molecule has 1 aromatic rings. The Hall–Kier alpha value is -1.62. The van der Waals surface area contributed by atoms with E-state index in [1.165, 1.54) is 6.42 Å². The van der Waals surface area contributed by atoms with Crippen LogP contribution in [0.25, 0.3) is 0 Å². The van der Waals surface area contributed by atoms with E-state index in [-0.39, 0.29) is 5.91 Å². The van der Waals surface area contributed by atoms with E-state index in [1.54, 1.807) is 6.07 Å². The van der Waals surface area contributed by atoms with Gasteiger partial charge in [-0.25, -0.2) is 10.8 Å². The Morgan fingerprint density at radius 1 is 1.39 bits per heavy atom. The normalized spacial score (nSPS) is 15.6. The van der Waals surface area contributed by atoms with E-state index in [1.807, 2.05) is 17.9 Å². The molecule has 0 saturated carbocycles. The summed E-state index contributed by atoms with van der Waals surface area (Å²) in [5.74, 6) is 6.02. The van der Waals surface area contributed by atoms with Crippen LogP contribution >= 0.6 is 0 Å². The predicted octanol–water partition coefficient (Wildman–Crippen LogP) is 1.56. The molecule has 0 aliphatic carbocycles. The standard InChI is InChI=1S/C13H20N4O/c1-2-11-8-10(9-12(15-11)16-14)13(18)17-6-4-3-5-7-17/h8-9H,2-7,14H2,1H3,(H,15,16). The zero-order chi connectivity index (χ0) is 13.0. The van der Waals surface area contributed by atoms with Gasteiger partial charge in [0.1, 0.15) is 5.82 Å². The van der Waals surface area contributed by atoms with Gasteiger partial charge in [-0.3, -0.25) is 4.79 Å². The minimum absolute atomic E-state index is 0.0864. The molecule has 1 aromatic heterocycles. The Balaban J connectivity index is 2.22. The maximum atomic E-state index is 12.4. The van der Waals surface area contributed by atoms with E-state index < -0.39 is 0 Å². The summed E-state index contributed by atoms with van der Waals surface area (Å²) >= 11 is 0. The number of aromatic nitrogens is 1. The minimum Gasteiger partial charge on any atom is -0.339 e.